The molecule has 0 radical (unpaired) electrons. The van der Waals surface area contributed by atoms with Crippen LogP contribution in [0.1, 0.15) is 25.0 Å². The summed E-state index contributed by atoms with van der Waals surface area (Å²) in [5.41, 5.74) is 2.70. The number of benzene rings is 1. The number of nitrogens with one attached hydrogen (secondary N) is 1. The van der Waals surface area contributed by atoms with Gasteiger partial charge in [-0.25, -0.2) is 0 Å². The maximum Gasteiger partial charge on any atom is 0.0207 e. The third-order valence-corrected chi connectivity index (χ3v) is 1.80. The van der Waals surface area contributed by atoms with Crippen LogP contribution in [0.2, 0.25) is 0 Å². The molecule has 1 rings (SSSR count). The van der Waals surface area contributed by atoms with Crippen LogP contribution < -0.4 is 5.32 Å². The van der Waals surface area contributed by atoms with Gasteiger partial charge in [-0.1, -0.05) is 43.7 Å². The number of aryl methyl sites for hydroxylation is 1. The van der Waals surface area contributed by atoms with E-state index in [9.17, 15) is 0 Å². The SMILES string of the molecule is Cc1cccc(CNC(C)C)c1. The molecule has 0 aromatic heterocycles. The molecule has 0 spiro atoms. The van der Waals surface area contributed by atoms with Crippen LogP contribution in [0, 0.1) is 6.92 Å². The topological polar surface area (TPSA) is 12.0 Å². The molecular weight excluding hydrogens is 146 g/mol. The van der Waals surface area contributed by atoms with E-state index in [1.54, 1.807) is 0 Å². The molecule has 12 heavy (non-hydrogen) atoms. The van der Waals surface area contributed by atoms with Gasteiger partial charge in [0.2, 0.25) is 0 Å². The zero-order valence-corrected chi connectivity index (χ0v) is 8.09. The molecule has 1 N–H and O–H groups in total. The van der Waals surface area contributed by atoms with Gasteiger partial charge >= 0.3 is 0 Å². The van der Waals surface area contributed by atoms with Gasteiger partial charge in [0.15, 0.2) is 0 Å². The number of hydrogen-bond donors (Lipinski definition) is 1. The van der Waals surface area contributed by atoms with Crippen LogP contribution in [0.4, 0.5) is 0 Å². The largest absolute Gasteiger partial charge is 0.310 e. The highest BCUT2D eigenvalue weighted by Gasteiger charge is 1.94. The maximum atomic E-state index is 3.39. The van der Waals surface area contributed by atoms with Crippen LogP contribution >= 0.6 is 0 Å². The Hall–Kier alpha value is -0.820. The van der Waals surface area contributed by atoms with Gasteiger partial charge in [-0.2, -0.15) is 0 Å². The Morgan fingerprint density at radius 3 is 2.67 bits per heavy atom. The van der Waals surface area contributed by atoms with Gasteiger partial charge in [0.1, 0.15) is 0 Å². The summed E-state index contributed by atoms with van der Waals surface area (Å²) in [7, 11) is 0. The predicted molar refractivity (Wildman–Crippen MR) is 53.2 cm³/mol. The summed E-state index contributed by atoms with van der Waals surface area (Å²) in [4.78, 5) is 0. The summed E-state index contributed by atoms with van der Waals surface area (Å²) < 4.78 is 0. The van der Waals surface area contributed by atoms with Crippen molar-refractivity contribution in [1.29, 1.82) is 0 Å². The molecule has 0 saturated heterocycles. The van der Waals surface area contributed by atoms with Gasteiger partial charge in [-0.15, -0.1) is 0 Å². The normalized spacial score (nSPS) is 10.7. The van der Waals surface area contributed by atoms with E-state index in [4.69, 9.17) is 0 Å². The van der Waals surface area contributed by atoms with Gasteiger partial charge in [0, 0.05) is 12.6 Å². The van der Waals surface area contributed by atoms with E-state index in [2.05, 4.69) is 50.4 Å². The Morgan fingerprint density at radius 1 is 1.33 bits per heavy atom. The lowest BCUT2D eigenvalue weighted by atomic mass is 10.1. The minimum absolute atomic E-state index is 0.561. The van der Waals surface area contributed by atoms with Gasteiger partial charge in [-0.3, -0.25) is 0 Å². The van der Waals surface area contributed by atoms with E-state index < -0.39 is 0 Å². The average Bonchev–Trinajstić information content (AvgIpc) is 2.01. The molecule has 0 atom stereocenters. The van der Waals surface area contributed by atoms with Gasteiger partial charge in [-0.05, 0) is 12.5 Å². The molecule has 0 saturated carbocycles. The summed E-state index contributed by atoms with van der Waals surface area (Å²) in [6.07, 6.45) is 0. The van der Waals surface area contributed by atoms with Gasteiger partial charge in [0.05, 0.1) is 0 Å². The lowest BCUT2D eigenvalue weighted by Crippen LogP contribution is -2.21. The fourth-order valence-corrected chi connectivity index (χ4v) is 1.14. The molecule has 1 aromatic carbocycles. The van der Waals surface area contributed by atoms with Crippen molar-refractivity contribution in [3.63, 3.8) is 0 Å². The predicted octanol–water partition coefficient (Wildman–Crippen LogP) is 2.49. The minimum Gasteiger partial charge on any atom is -0.310 e. The zero-order valence-electron chi connectivity index (χ0n) is 8.09. The van der Waals surface area contributed by atoms with Crippen LogP contribution in [-0.2, 0) is 6.54 Å². The van der Waals surface area contributed by atoms with E-state index >= 15 is 0 Å². The highest BCUT2D eigenvalue weighted by Crippen LogP contribution is 2.03. The summed E-state index contributed by atoms with van der Waals surface area (Å²) in [6.45, 7) is 7.42. The number of hydrogen-bond acceptors (Lipinski definition) is 1. The van der Waals surface area contributed by atoms with Crippen molar-refractivity contribution in [1.82, 2.24) is 5.32 Å². The van der Waals surface area contributed by atoms with Crippen LogP contribution in [-0.4, -0.2) is 6.04 Å². The molecule has 1 aromatic rings. The van der Waals surface area contributed by atoms with Crippen LogP contribution in [0.25, 0.3) is 0 Å². The summed E-state index contributed by atoms with van der Waals surface area (Å²) in [6, 6.07) is 9.16. The zero-order chi connectivity index (χ0) is 8.97. The molecule has 0 fully saturated rings. The molecular formula is C11H17N. The Kier molecular flexibility index (Phi) is 3.30. The molecule has 1 heteroatoms. The first-order chi connectivity index (χ1) is 5.68. The minimum atomic E-state index is 0.561. The smallest absolute Gasteiger partial charge is 0.0207 e. The van der Waals surface area contributed by atoms with Crippen molar-refractivity contribution in [3.8, 4) is 0 Å². The molecule has 0 aliphatic carbocycles. The first kappa shape index (κ1) is 9.27. The lowest BCUT2D eigenvalue weighted by molar-refractivity contribution is 0.588. The molecule has 66 valence electrons. The Bertz CT molecular complexity index is 241. The van der Waals surface area contributed by atoms with E-state index in [-0.39, 0.29) is 0 Å². The molecule has 1 nitrogen and oxygen atoms in total. The fourth-order valence-electron chi connectivity index (χ4n) is 1.14. The van der Waals surface area contributed by atoms with E-state index in [0.29, 0.717) is 6.04 Å². The molecule has 0 heterocycles. The Labute approximate surface area is 74.8 Å². The molecule has 0 bridgehead atoms. The molecule has 0 aliphatic rings. The maximum absolute atomic E-state index is 3.39. The fraction of sp³-hybridized carbons (Fsp3) is 0.455. The van der Waals surface area contributed by atoms with Crippen molar-refractivity contribution >= 4 is 0 Å². The summed E-state index contributed by atoms with van der Waals surface area (Å²) >= 11 is 0. The van der Waals surface area contributed by atoms with Gasteiger partial charge in [0.25, 0.3) is 0 Å². The van der Waals surface area contributed by atoms with Crippen LogP contribution in [0.15, 0.2) is 24.3 Å². The second-order valence-electron chi connectivity index (χ2n) is 3.52. The average molecular weight is 163 g/mol. The third-order valence-electron chi connectivity index (χ3n) is 1.80. The third kappa shape index (κ3) is 3.05. The number of rotatable bonds is 3. The molecule has 0 aliphatic heterocycles. The van der Waals surface area contributed by atoms with Crippen molar-refractivity contribution in [2.45, 2.75) is 33.4 Å². The highest BCUT2D eigenvalue weighted by atomic mass is 14.9. The second-order valence-corrected chi connectivity index (χ2v) is 3.52. The van der Waals surface area contributed by atoms with Crippen molar-refractivity contribution in [2.24, 2.45) is 0 Å². The van der Waals surface area contributed by atoms with E-state index in [1.807, 2.05) is 0 Å². The first-order valence-electron chi connectivity index (χ1n) is 4.47. The first-order valence-corrected chi connectivity index (χ1v) is 4.47. The summed E-state index contributed by atoms with van der Waals surface area (Å²) in [5.74, 6) is 0. The van der Waals surface area contributed by atoms with E-state index in [0.717, 1.165) is 6.54 Å². The van der Waals surface area contributed by atoms with Crippen molar-refractivity contribution < 1.29 is 0 Å². The highest BCUT2D eigenvalue weighted by molar-refractivity contribution is 5.21. The second kappa shape index (κ2) is 4.27. The molecule has 0 unspecified atom stereocenters. The van der Waals surface area contributed by atoms with Crippen molar-refractivity contribution in [2.75, 3.05) is 0 Å². The quantitative estimate of drug-likeness (QED) is 0.722. The van der Waals surface area contributed by atoms with Crippen LogP contribution in [0.3, 0.4) is 0 Å². The van der Waals surface area contributed by atoms with E-state index in [1.165, 1.54) is 11.1 Å². The van der Waals surface area contributed by atoms with Crippen LogP contribution in [0.5, 0.6) is 0 Å². The van der Waals surface area contributed by atoms with Gasteiger partial charge < -0.3 is 5.32 Å². The lowest BCUT2D eigenvalue weighted by Gasteiger charge is -2.07. The van der Waals surface area contributed by atoms with Crippen molar-refractivity contribution in [3.05, 3.63) is 35.4 Å². The monoisotopic (exact) mass is 163 g/mol. The standard InChI is InChI=1S/C11H17N/c1-9(2)12-8-11-6-4-5-10(3)7-11/h4-7,9,12H,8H2,1-3H3. The molecule has 0 amide bonds. The Morgan fingerprint density at radius 2 is 2.08 bits per heavy atom. The Balaban J connectivity index is 2.52. The summed E-state index contributed by atoms with van der Waals surface area (Å²) in [5, 5.41) is 3.39.